The van der Waals surface area contributed by atoms with Gasteiger partial charge in [0.25, 0.3) is 0 Å². The summed E-state index contributed by atoms with van der Waals surface area (Å²) in [5.74, 6) is -1.08. The van der Waals surface area contributed by atoms with Crippen molar-refractivity contribution in [2.75, 3.05) is 6.54 Å². The van der Waals surface area contributed by atoms with Gasteiger partial charge in [-0.25, -0.2) is 9.82 Å². The van der Waals surface area contributed by atoms with E-state index < -0.39 is 5.82 Å². The predicted octanol–water partition coefficient (Wildman–Crippen LogP) is 0.984. The van der Waals surface area contributed by atoms with Gasteiger partial charge in [-0.3, -0.25) is 4.79 Å². The molecule has 0 saturated carbocycles. The second-order valence-corrected chi connectivity index (χ2v) is 4.75. The highest BCUT2D eigenvalue weighted by Gasteiger charge is 2.30. The van der Waals surface area contributed by atoms with Crippen LogP contribution in [0.5, 0.6) is 5.75 Å². The highest BCUT2D eigenvalue weighted by molar-refractivity contribution is 5.96. The quantitative estimate of drug-likeness (QED) is 0.707. The summed E-state index contributed by atoms with van der Waals surface area (Å²) in [6.45, 7) is 0.717. The molecule has 2 aliphatic rings. The van der Waals surface area contributed by atoms with Crippen LogP contribution in [-0.2, 0) is 11.2 Å². The number of fused-ring (bicyclic) bond motifs is 1. The van der Waals surface area contributed by atoms with E-state index in [1.807, 2.05) is 0 Å². The van der Waals surface area contributed by atoms with Crippen LogP contribution in [-0.4, -0.2) is 23.3 Å². The zero-order valence-corrected chi connectivity index (χ0v) is 10.2. The Morgan fingerprint density at radius 3 is 2.89 bits per heavy atom. The molecule has 1 unspecified atom stereocenters. The van der Waals surface area contributed by atoms with E-state index in [1.165, 1.54) is 6.07 Å². The summed E-state index contributed by atoms with van der Waals surface area (Å²) in [5.41, 5.74) is 4.44. The van der Waals surface area contributed by atoms with Crippen molar-refractivity contribution in [2.24, 2.45) is 5.10 Å². The number of hydrazone groups is 1. The first kappa shape index (κ1) is 12.1. The zero-order valence-electron chi connectivity index (χ0n) is 10.2. The van der Waals surface area contributed by atoms with E-state index in [0.717, 1.165) is 12.1 Å². The number of hydrogen-bond donors (Lipinski definition) is 3. The molecule has 1 atom stereocenters. The molecule has 1 aromatic rings. The minimum Gasteiger partial charge on any atom is -0.505 e. The van der Waals surface area contributed by atoms with Crippen LogP contribution in [0.1, 0.15) is 30.0 Å². The molecule has 5 nitrogen and oxygen atoms in total. The number of phenolic OH excluding ortho intramolecular Hbond substituents is 1. The molecule has 0 aromatic heterocycles. The maximum atomic E-state index is 14.1. The van der Waals surface area contributed by atoms with E-state index in [1.54, 1.807) is 6.07 Å². The second-order valence-electron chi connectivity index (χ2n) is 4.75. The Hall–Kier alpha value is -1.95. The van der Waals surface area contributed by atoms with Crippen LogP contribution in [0.3, 0.4) is 0 Å². The standard InChI is InChI=1S/C13H14FN3O2/c14-12-9(18)3-1-7-5-6-15-13(11(7)12)8-2-4-10(19)17-16-8/h1,3,13,15,18H,2,4-6H2,(H,17,19). The maximum absolute atomic E-state index is 14.1. The van der Waals surface area contributed by atoms with Crippen LogP contribution in [0.15, 0.2) is 17.2 Å². The molecule has 0 aliphatic carbocycles. The van der Waals surface area contributed by atoms with E-state index in [4.69, 9.17) is 0 Å². The van der Waals surface area contributed by atoms with Gasteiger partial charge in [-0.15, -0.1) is 0 Å². The van der Waals surface area contributed by atoms with E-state index in [9.17, 15) is 14.3 Å². The zero-order chi connectivity index (χ0) is 13.4. The molecule has 3 rings (SSSR count). The number of aromatic hydroxyl groups is 1. The van der Waals surface area contributed by atoms with E-state index in [-0.39, 0.29) is 17.7 Å². The largest absolute Gasteiger partial charge is 0.505 e. The van der Waals surface area contributed by atoms with Gasteiger partial charge < -0.3 is 10.4 Å². The molecule has 0 fully saturated rings. The smallest absolute Gasteiger partial charge is 0.240 e. The lowest BCUT2D eigenvalue weighted by molar-refractivity contribution is -0.121. The Labute approximate surface area is 109 Å². The van der Waals surface area contributed by atoms with Crippen LogP contribution in [0.4, 0.5) is 4.39 Å². The van der Waals surface area contributed by atoms with E-state index in [0.29, 0.717) is 30.5 Å². The molecule has 6 heteroatoms. The van der Waals surface area contributed by atoms with Gasteiger partial charge in [0.05, 0.1) is 11.8 Å². The van der Waals surface area contributed by atoms with Crippen LogP contribution in [0.2, 0.25) is 0 Å². The predicted molar refractivity (Wildman–Crippen MR) is 67.3 cm³/mol. The highest BCUT2D eigenvalue weighted by Crippen LogP contribution is 2.32. The third kappa shape index (κ3) is 2.08. The molecule has 2 heterocycles. The van der Waals surface area contributed by atoms with Crippen LogP contribution >= 0.6 is 0 Å². The molecular weight excluding hydrogens is 249 g/mol. The molecule has 19 heavy (non-hydrogen) atoms. The third-order valence-corrected chi connectivity index (χ3v) is 3.55. The van der Waals surface area contributed by atoms with Crippen LogP contribution in [0.25, 0.3) is 0 Å². The lowest BCUT2D eigenvalue weighted by Crippen LogP contribution is -2.39. The first-order valence-electron chi connectivity index (χ1n) is 6.25. The number of nitrogens with one attached hydrogen (secondary N) is 2. The summed E-state index contributed by atoms with van der Waals surface area (Å²) in [7, 11) is 0. The van der Waals surface area contributed by atoms with Crippen molar-refractivity contribution >= 4 is 11.6 Å². The summed E-state index contributed by atoms with van der Waals surface area (Å²) in [4.78, 5) is 11.1. The number of hydrogen-bond acceptors (Lipinski definition) is 4. The first-order chi connectivity index (χ1) is 9.16. The van der Waals surface area contributed by atoms with Gasteiger partial charge in [-0.2, -0.15) is 5.10 Å². The van der Waals surface area contributed by atoms with Gasteiger partial charge in [-0.05, 0) is 24.5 Å². The fourth-order valence-electron chi connectivity index (χ4n) is 2.59. The molecule has 0 radical (unpaired) electrons. The number of rotatable bonds is 1. The van der Waals surface area contributed by atoms with Crippen molar-refractivity contribution in [1.82, 2.24) is 10.7 Å². The molecule has 0 spiro atoms. The average molecular weight is 263 g/mol. The number of phenols is 1. The molecule has 3 N–H and O–H groups in total. The van der Waals surface area contributed by atoms with Crippen molar-refractivity contribution in [3.8, 4) is 5.75 Å². The van der Waals surface area contributed by atoms with Crippen molar-refractivity contribution in [1.29, 1.82) is 0 Å². The normalized spacial score (nSPS) is 22.5. The summed E-state index contributed by atoms with van der Waals surface area (Å²) < 4.78 is 14.1. The molecule has 0 saturated heterocycles. The fraction of sp³-hybridized carbons (Fsp3) is 0.385. The van der Waals surface area contributed by atoms with Gasteiger partial charge in [-0.1, -0.05) is 6.07 Å². The molecular formula is C13H14FN3O2. The third-order valence-electron chi connectivity index (χ3n) is 3.55. The van der Waals surface area contributed by atoms with Gasteiger partial charge in [0.1, 0.15) is 0 Å². The van der Waals surface area contributed by atoms with Crippen LogP contribution in [0, 0.1) is 5.82 Å². The molecule has 1 amide bonds. The Morgan fingerprint density at radius 2 is 2.16 bits per heavy atom. The topological polar surface area (TPSA) is 73.7 Å². The Balaban J connectivity index is 2.03. The summed E-state index contributed by atoms with van der Waals surface area (Å²) in [6.07, 6.45) is 1.56. The van der Waals surface area contributed by atoms with Crippen molar-refractivity contribution in [2.45, 2.75) is 25.3 Å². The van der Waals surface area contributed by atoms with Gasteiger partial charge >= 0.3 is 0 Å². The fourth-order valence-corrected chi connectivity index (χ4v) is 2.59. The number of carbonyl (C=O) groups excluding carboxylic acids is 1. The molecule has 100 valence electrons. The number of halogens is 1. The average Bonchev–Trinajstić information content (AvgIpc) is 2.43. The SMILES string of the molecule is O=C1CCC(C2NCCc3ccc(O)c(F)c32)=NN1. The lowest BCUT2D eigenvalue weighted by Gasteiger charge is -2.29. The number of nitrogens with zero attached hydrogens (tertiary/aromatic N) is 1. The summed E-state index contributed by atoms with van der Waals surface area (Å²) in [6, 6.07) is 2.74. The lowest BCUT2D eigenvalue weighted by atomic mass is 9.89. The van der Waals surface area contributed by atoms with Crippen molar-refractivity contribution in [3.63, 3.8) is 0 Å². The molecule has 2 aliphatic heterocycles. The Bertz CT molecular complexity index is 571. The highest BCUT2D eigenvalue weighted by atomic mass is 19.1. The number of benzene rings is 1. The minimum absolute atomic E-state index is 0.129. The minimum atomic E-state index is -0.602. The Kier molecular flexibility index (Phi) is 2.94. The first-order valence-corrected chi connectivity index (χ1v) is 6.25. The van der Waals surface area contributed by atoms with Gasteiger partial charge in [0.2, 0.25) is 5.91 Å². The monoisotopic (exact) mass is 263 g/mol. The van der Waals surface area contributed by atoms with Crippen LogP contribution < -0.4 is 10.7 Å². The second kappa shape index (κ2) is 4.62. The maximum Gasteiger partial charge on any atom is 0.240 e. The van der Waals surface area contributed by atoms with E-state index in [2.05, 4.69) is 15.8 Å². The van der Waals surface area contributed by atoms with Gasteiger partial charge in [0.15, 0.2) is 11.6 Å². The van der Waals surface area contributed by atoms with E-state index >= 15 is 0 Å². The summed E-state index contributed by atoms with van der Waals surface area (Å²) in [5, 5.41) is 16.7. The molecule has 1 aromatic carbocycles. The van der Waals surface area contributed by atoms with Crippen molar-refractivity contribution in [3.05, 3.63) is 29.1 Å². The van der Waals surface area contributed by atoms with Gasteiger partial charge in [0, 0.05) is 18.5 Å². The molecule has 0 bridgehead atoms. The van der Waals surface area contributed by atoms with Crippen molar-refractivity contribution < 1.29 is 14.3 Å². The summed E-state index contributed by atoms with van der Waals surface area (Å²) >= 11 is 0. The Morgan fingerprint density at radius 1 is 1.32 bits per heavy atom. The number of carbonyl (C=O) groups is 1. The number of amides is 1.